The molecular weight excluding hydrogens is 217 g/mol. The molecule has 1 atom stereocenters. The van der Waals surface area contributed by atoms with Crippen molar-refractivity contribution in [3.63, 3.8) is 0 Å². The number of hydrogen-bond donors (Lipinski definition) is 0. The normalized spacial score (nSPS) is 13.6. The minimum Gasteiger partial charge on any atom is -0.491 e. The average molecular weight is 231 g/mol. The van der Waals surface area contributed by atoms with Gasteiger partial charge in [-0.1, -0.05) is 6.92 Å². The molecule has 0 spiro atoms. The molecule has 0 saturated heterocycles. The van der Waals surface area contributed by atoms with Gasteiger partial charge in [-0.05, 0) is 44.0 Å². The molecule has 1 aromatic rings. The Kier molecular flexibility index (Phi) is 4.21. The number of hydrogen-bond acceptors (Lipinski definition) is 1. The standard InChI is InChI=1S/C12H14F3O/c1-3-4-9(2)16-11-7-5-10(6-8-11)12(13,14)15/h5-9H,1,3-4H2,2H3. The van der Waals surface area contributed by atoms with Gasteiger partial charge in [0.1, 0.15) is 5.75 Å². The van der Waals surface area contributed by atoms with E-state index < -0.39 is 11.7 Å². The monoisotopic (exact) mass is 231 g/mol. The molecule has 0 aromatic heterocycles. The van der Waals surface area contributed by atoms with Crippen LogP contribution in [0.3, 0.4) is 0 Å². The van der Waals surface area contributed by atoms with Crippen LogP contribution in [0.1, 0.15) is 25.3 Å². The van der Waals surface area contributed by atoms with Gasteiger partial charge < -0.3 is 4.74 Å². The van der Waals surface area contributed by atoms with Crippen LogP contribution in [0, 0.1) is 6.92 Å². The van der Waals surface area contributed by atoms with Crippen LogP contribution in [0.4, 0.5) is 13.2 Å². The molecule has 0 heterocycles. The van der Waals surface area contributed by atoms with Gasteiger partial charge in [-0.25, -0.2) is 0 Å². The Morgan fingerprint density at radius 1 is 1.25 bits per heavy atom. The Morgan fingerprint density at radius 2 is 1.81 bits per heavy atom. The van der Waals surface area contributed by atoms with E-state index in [1.807, 2.05) is 6.92 Å². The van der Waals surface area contributed by atoms with Crippen molar-refractivity contribution in [1.82, 2.24) is 0 Å². The Labute approximate surface area is 93.2 Å². The third-order valence-corrected chi connectivity index (χ3v) is 2.13. The van der Waals surface area contributed by atoms with Gasteiger partial charge in [-0.15, -0.1) is 0 Å². The summed E-state index contributed by atoms with van der Waals surface area (Å²) < 4.78 is 42.2. The van der Waals surface area contributed by atoms with Gasteiger partial charge in [-0.3, -0.25) is 0 Å². The lowest BCUT2D eigenvalue weighted by molar-refractivity contribution is -0.137. The van der Waals surface area contributed by atoms with E-state index in [0.29, 0.717) is 5.75 Å². The van der Waals surface area contributed by atoms with E-state index in [4.69, 9.17) is 4.74 Å². The number of rotatable bonds is 4. The van der Waals surface area contributed by atoms with Crippen LogP contribution >= 0.6 is 0 Å². The molecule has 0 bridgehead atoms. The molecule has 1 rings (SSSR count). The van der Waals surface area contributed by atoms with E-state index in [2.05, 4.69) is 6.92 Å². The van der Waals surface area contributed by atoms with Gasteiger partial charge in [-0.2, -0.15) is 13.2 Å². The van der Waals surface area contributed by atoms with Crippen LogP contribution in [0.5, 0.6) is 5.75 Å². The van der Waals surface area contributed by atoms with Crippen molar-refractivity contribution in [2.75, 3.05) is 0 Å². The molecule has 1 radical (unpaired) electrons. The minimum atomic E-state index is -4.29. The van der Waals surface area contributed by atoms with E-state index in [1.165, 1.54) is 12.1 Å². The van der Waals surface area contributed by atoms with Crippen LogP contribution < -0.4 is 4.74 Å². The number of ether oxygens (including phenoxy) is 1. The van der Waals surface area contributed by atoms with Crippen molar-refractivity contribution in [2.45, 2.75) is 32.0 Å². The van der Waals surface area contributed by atoms with Gasteiger partial charge in [0, 0.05) is 0 Å². The molecule has 0 N–H and O–H groups in total. The van der Waals surface area contributed by atoms with Crippen molar-refractivity contribution in [3.8, 4) is 5.75 Å². The van der Waals surface area contributed by atoms with Gasteiger partial charge in [0.05, 0.1) is 11.7 Å². The fraction of sp³-hybridized carbons (Fsp3) is 0.417. The van der Waals surface area contributed by atoms with E-state index in [1.54, 1.807) is 0 Å². The largest absolute Gasteiger partial charge is 0.491 e. The summed E-state index contributed by atoms with van der Waals surface area (Å²) >= 11 is 0. The highest BCUT2D eigenvalue weighted by molar-refractivity contribution is 5.28. The van der Waals surface area contributed by atoms with Crippen LogP contribution in [0.25, 0.3) is 0 Å². The topological polar surface area (TPSA) is 9.23 Å². The third-order valence-electron chi connectivity index (χ3n) is 2.13. The average Bonchev–Trinajstić information content (AvgIpc) is 2.17. The molecule has 0 aliphatic carbocycles. The quantitative estimate of drug-likeness (QED) is 0.758. The Morgan fingerprint density at radius 3 is 2.25 bits per heavy atom. The molecule has 0 aliphatic rings. The first-order chi connectivity index (χ1) is 7.43. The second-order valence-corrected chi connectivity index (χ2v) is 3.59. The predicted molar refractivity (Wildman–Crippen MR) is 56.1 cm³/mol. The fourth-order valence-corrected chi connectivity index (χ4v) is 1.30. The molecule has 0 saturated carbocycles. The number of halogens is 3. The van der Waals surface area contributed by atoms with Crippen LogP contribution in [-0.2, 0) is 6.18 Å². The van der Waals surface area contributed by atoms with Crippen molar-refractivity contribution < 1.29 is 17.9 Å². The first-order valence-corrected chi connectivity index (χ1v) is 5.06. The molecule has 0 fully saturated rings. The highest BCUT2D eigenvalue weighted by Crippen LogP contribution is 2.30. The van der Waals surface area contributed by atoms with Gasteiger partial charge in [0.2, 0.25) is 0 Å². The summed E-state index contributed by atoms with van der Waals surface area (Å²) in [5.41, 5.74) is -0.662. The summed E-state index contributed by atoms with van der Waals surface area (Å²) in [7, 11) is 0. The highest BCUT2D eigenvalue weighted by atomic mass is 19.4. The lowest BCUT2D eigenvalue weighted by Crippen LogP contribution is -2.11. The van der Waals surface area contributed by atoms with Crippen molar-refractivity contribution in [3.05, 3.63) is 36.8 Å². The van der Waals surface area contributed by atoms with Crippen LogP contribution in [0.2, 0.25) is 0 Å². The zero-order valence-electron chi connectivity index (χ0n) is 9.05. The number of benzene rings is 1. The minimum absolute atomic E-state index is 0.0331. The summed E-state index contributed by atoms with van der Waals surface area (Å²) in [6.07, 6.45) is -2.81. The van der Waals surface area contributed by atoms with E-state index in [9.17, 15) is 13.2 Å². The highest BCUT2D eigenvalue weighted by Gasteiger charge is 2.30. The summed E-state index contributed by atoms with van der Waals surface area (Å²) in [5.74, 6) is 0.453. The van der Waals surface area contributed by atoms with Gasteiger partial charge in [0.15, 0.2) is 0 Å². The van der Waals surface area contributed by atoms with Crippen LogP contribution in [0.15, 0.2) is 24.3 Å². The van der Waals surface area contributed by atoms with Crippen LogP contribution in [-0.4, -0.2) is 6.10 Å². The lowest BCUT2D eigenvalue weighted by Gasteiger charge is -2.14. The Hall–Kier alpha value is -1.19. The zero-order chi connectivity index (χ0) is 12.2. The van der Waals surface area contributed by atoms with Gasteiger partial charge in [0.25, 0.3) is 0 Å². The maximum absolute atomic E-state index is 12.3. The molecule has 4 heteroatoms. The molecule has 1 aromatic carbocycles. The lowest BCUT2D eigenvalue weighted by atomic mass is 10.2. The zero-order valence-corrected chi connectivity index (χ0v) is 9.05. The van der Waals surface area contributed by atoms with E-state index in [0.717, 1.165) is 25.0 Å². The summed E-state index contributed by atoms with van der Waals surface area (Å²) in [6, 6.07) is 4.71. The maximum atomic E-state index is 12.3. The number of alkyl halides is 3. The maximum Gasteiger partial charge on any atom is 0.416 e. The van der Waals surface area contributed by atoms with Crippen molar-refractivity contribution in [2.24, 2.45) is 0 Å². The smallest absolute Gasteiger partial charge is 0.416 e. The van der Waals surface area contributed by atoms with E-state index in [-0.39, 0.29) is 6.10 Å². The third kappa shape index (κ3) is 3.76. The molecule has 89 valence electrons. The molecule has 1 unspecified atom stereocenters. The van der Waals surface area contributed by atoms with Crippen molar-refractivity contribution in [1.29, 1.82) is 0 Å². The Balaban J connectivity index is 2.65. The predicted octanol–water partition coefficient (Wildman–Crippen LogP) is 4.09. The van der Waals surface area contributed by atoms with Gasteiger partial charge >= 0.3 is 6.18 Å². The second kappa shape index (κ2) is 5.23. The summed E-state index contributed by atoms with van der Waals surface area (Å²) in [4.78, 5) is 0. The SMILES string of the molecule is [CH2]CCC(C)Oc1ccc(C(F)(F)F)cc1. The second-order valence-electron chi connectivity index (χ2n) is 3.59. The molecule has 1 nitrogen and oxygen atoms in total. The molecular formula is C12H14F3O. The molecule has 0 amide bonds. The molecule has 16 heavy (non-hydrogen) atoms. The van der Waals surface area contributed by atoms with E-state index >= 15 is 0 Å². The fourth-order valence-electron chi connectivity index (χ4n) is 1.30. The molecule has 0 aliphatic heterocycles. The summed E-state index contributed by atoms with van der Waals surface area (Å²) in [5, 5.41) is 0. The Bertz CT molecular complexity index is 316. The first-order valence-electron chi connectivity index (χ1n) is 5.06. The first kappa shape index (κ1) is 12.9. The summed E-state index contributed by atoms with van der Waals surface area (Å²) in [6.45, 7) is 5.55. The van der Waals surface area contributed by atoms with Crippen molar-refractivity contribution >= 4 is 0 Å².